The maximum atomic E-state index is 14.2. The highest BCUT2D eigenvalue weighted by atomic mass is 19.1. The van der Waals surface area contributed by atoms with E-state index in [9.17, 15) is 14.3 Å². The molecule has 0 aromatic heterocycles. The predicted octanol–water partition coefficient (Wildman–Crippen LogP) is 6.28. The molecule has 0 heterocycles. The van der Waals surface area contributed by atoms with E-state index in [0.29, 0.717) is 37.0 Å². The summed E-state index contributed by atoms with van der Waals surface area (Å²) < 4.78 is 14.2. The molecule has 4 heteroatoms. The molecule has 0 unspecified atom stereocenters. The molecule has 0 spiro atoms. The van der Waals surface area contributed by atoms with Crippen LogP contribution in [0.1, 0.15) is 96.3 Å². The van der Waals surface area contributed by atoms with E-state index in [1.807, 2.05) is 0 Å². The third-order valence-electron chi connectivity index (χ3n) is 8.60. The van der Waals surface area contributed by atoms with Crippen LogP contribution in [-0.2, 0) is 4.79 Å². The summed E-state index contributed by atoms with van der Waals surface area (Å²) in [5.41, 5.74) is -1.44. The van der Waals surface area contributed by atoms with Gasteiger partial charge < -0.3 is 5.11 Å². The van der Waals surface area contributed by atoms with E-state index in [1.165, 1.54) is 25.7 Å². The van der Waals surface area contributed by atoms with Gasteiger partial charge in [-0.25, -0.2) is 0 Å². The summed E-state index contributed by atoms with van der Waals surface area (Å²) in [5.74, 6) is 1.30. The third kappa shape index (κ3) is 4.03. The van der Waals surface area contributed by atoms with E-state index in [0.717, 1.165) is 51.4 Å². The molecule has 152 valence electrons. The maximum Gasteiger partial charge on any atom is 0.310 e. The van der Waals surface area contributed by atoms with Crippen molar-refractivity contribution in [2.24, 2.45) is 28.6 Å². The van der Waals surface area contributed by atoms with Gasteiger partial charge in [-0.05, 0) is 75.5 Å². The SMILES string of the molecule is N#CCCC1CCC(C2CCC(C(=O)O)(C3(CF)CCCCC3)CC2)CC1. The number of aliphatic carboxylic acids is 1. The number of carboxylic acids is 1. The minimum Gasteiger partial charge on any atom is -0.481 e. The number of alkyl halides is 1. The number of nitriles is 1. The second kappa shape index (κ2) is 8.93. The molecule has 3 aliphatic rings. The standard InChI is InChI=1S/C23H36FNO2/c24-17-22(12-2-1-3-13-22)23(21(26)27)14-10-20(11-15-23)19-8-6-18(7-9-19)5-4-16-25/h18-20H,1-15,17H2,(H,26,27). The topological polar surface area (TPSA) is 61.1 Å². The van der Waals surface area contributed by atoms with Crippen LogP contribution >= 0.6 is 0 Å². The number of carbonyl (C=O) groups is 1. The van der Waals surface area contributed by atoms with E-state index >= 15 is 0 Å². The smallest absolute Gasteiger partial charge is 0.310 e. The highest BCUT2D eigenvalue weighted by Gasteiger charge is 2.57. The molecule has 3 fully saturated rings. The highest BCUT2D eigenvalue weighted by molar-refractivity contribution is 5.76. The molecular weight excluding hydrogens is 341 g/mol. The lowest BCUT2D eigenvalue weighted by atomic mass is 9.51. The van der Waals surface area contributed by atoms with E-state index in [1.54, 1.807) is 0 Å². The van der Waals surface area contributed by atoms with Gasteiger partial charge in [0, 0.05) is 11.8 Å². The van der Waals surface area contributed by atoms with Crippen molar-refractivity contribution in [3.05, 3.63) is 0 Å². The summed E-state index contributed by atoms with van der Waals surface area (Å²) in [6.07, 6.45) is 14.5. The van der Waals surface area contributed by atoms with Gasteiger partial charge in [-0.3, -0.25) is 9.18 Å². The van der Waals surface area contributed by atoms with Gasteiger partial charge in [-0.15, -0.1) is 0 Å². The number of halogens is 1. The van der Waals surface area contributed by atoms with E-state index in [2.05, 4.69) is 6.07 Å². The Bertz CT molecular complexity index is 533. The second-order valence-corrected chi connectivity index (χ2v) is 9.68. The first-order chi connectivity index (χ1) is 13.1. The van der Waals surface area contributed by atoms with Crippen LogP contribution in [0, 0.1) is 39.9 Å². The molecule has 27 heavy (non-hydrogen) atoms. The van der Waals surface area contributed by atoms with Crippen LogP contribution in [0.3, 0.4) is 0 Å². The van der Waals surface area contributed by atoms with Crippen molar-refractivity contribution in [1.82, 2.24) is 0 Å². The third-order valence-corrected chi connectivity index (χ3v) is 8.60. The Kier molecular flexibility index (Phi) is 6.82. The first-order valence-corrected chi connectivity index (χ1v) is 11.2. The fourth-order valence-electron chi connectivity index (χ4n) is 6.76. The van der Waals surface area contributed by atoms with Gasteiger partial charge in [0.05, 0.1) is 18.2 Å². The molecule has 1 N–H and O–H groups in total. The molecule has 0 bridgehead atoms. The van der Waals surface area contributed by atoms with Crippen LogP contribution in [0.2, 0.25) is 0 Å². The van der Waals surface area contributed by atoms with E-state index in [-0.39, 0.29) is 0 Å². The van der Waals surface area contributed by atoms with Crippen molar-refractivity contribution >= 4 is 5.97 Å². The van der Waals surface area contributed by atoms with Crippen LogP contribution in [-0.4, -0.2) is 17.8 Å². The van der Waals surface area contributed by atoms with Crippen molar-refractivity contribution in [2.45, 2.75) is 96.3 Å². The molecule has 0 radical (unpaired) electrons. The lowest BCUT2D eigenvalue weighted by Gasteiger charge is -2.52. The van der Waals surface area contributed by atoms with Gasteiger partial charge in [0.25, 0.3) is 0 Å². The molecule has 3 aliphatic carbocycles. The van der Waals surface area contributed by atoms with Crippen molar-refractivity contribution in [3.63, 3.8) is 0 Å². The fraction of sp³-hybridized carbons (Fsp3) is 0.913. The van der Waals surface area contributed by atoms with Crippen LogP contribution in [0.25, 0.3) is 0 Å². The highest BCUT2D eigenvalue weighted by Crippen LogP contribution is 2.59. The predicted molar refractivity (Wildman–Crippen MR) is 104 cm³/mol. The summed E-state index contributed by atoms with van der Waals surface area (Å²) in [6.45, 7) is -0.464. The molecule has 3 saturated carbocycles. The molecule has 3 rings (SSSR count). The molecule has 0 saturated heterocycles. The van der Waals surface area contributed by atoms with Crippen molar-refractivity contribution < 1.29 is 14.3 Å². The molecule has 0 aromatic carbocycles. The summed E-state index contributed by atoms with van der Waals surface area (Å²) in [6, 6.07) is 2.26. The number of rotatable bonds is 6. The Balaban J connectivity index is 1.61. The first kappa shape index (κ1) is 20.6. The summed E-state index contributed by atoms with van der Waals surface area (Å²) in [5, 5.41) is 18.9. The Morgan fingerprint density at radius 2 is 1.56 bits per heavy atom. The van der Waals surface area contributed by atoms with Gasteiger partial charge in [0.15, 0.2) is 0 Å². The molecule has 0 aliphatic heterocycles. The maximum absolute atomic E-state index is 14.2. The number of carboxylic acid groups (broad SMARTS) is 1. The second-order valence-electron chi connectivity index (χ2n) is 9.68. The summed E-state index contributed by atoms with van der Waals surface area (Å²) in [7, 11) is 0. The van der Waals surface area contributed by atoms with Gasteiger partial charge in [-0.1, -0.05) is 32.1 Å². The lowest BCUT2D eigenvalue weighted by Crippen LogP contribution is -2.52. The van der Waals surface area contributed by atoms with Crippen molar-refractivity contribution in [2.75, 3.05) is 6.67 Å². The Morgan fingerprint density at radius 3 is 2.07 bits per heavy atom. The van der Waals surface area contributed by atoms with Gasteiger partial charge in [0.1, 0.15) is 0 Å². The van der Waals surface area contributed by atoms with Crippen LogP contribution in [0.5, 0.6) is 0 Å². The number of hydrogen-bond donors (Lipinski definition) is 1. The Hall–Kier alpha value is -1.11. The first-order valence-electron chi connectivity index (χ1n) is 11.2. The average Bonchev–Trinajstić information content (AvgIpc) is 2.73. The minimum absolute atomic E-state index is 0.464. The number of hydrogen-bond acceptors (Lipinski definition) is 2. The average molecular weight is 378 g/mol. The van der Waals surface area contributed by atoms with Gasteiger partial charge in [0.2, 0.25) is 0 Å². The molecule has 0 amide bonds. The lowest BCUT2D eigenvalue weighted by molar-refractivity contribution is -0.169. The molecule has 3 nitrogen and oxygen atoms in total. The van der Waals surface area contributed by atoms with Crippen LogP contribution in [0.4, 0.5) is 4.39 Å². The quantitative estimate of drug-likeness (QED) is 0.592. The molecule has 0 atom stereocenters. The van der Waals surface area contributed by atoms with Crippen molar-refractivity contribution in [3.8, 4) is 6.07 Å². The number of nitrogens with zero attached hydrogens (tertiary/aromatic N) is 1. The van der Waals surface area contributed by atoms with Crippen molar-refractivity contribution in [1.29, 1.82) is 5.26 Å². The Morgan fingerprint density at radius 1 is 0.963 bits per heavy atom. The zero-order chi connectivity index (χ0) is 19.3. The summed E-state index contributed by atoms with van der Waals surface area (Å²) in [4.78, 5) is 12.4. The molecular formula is C23H36FNO2. The largest absolute Gasteiger partial charge is 0.481 e. The zero-order valence-corrected chi connectivity index (χ0v) is 16.7. The van der Waals surface area contributed by atoms with E-state index in [4.69, 9.17) is 5.26 Å². The van der Waals surface area contributed by atoms with Crippen LogP contribution in [0.15, 0.2) is 0 Å². The fourth-order valence-corrected chi connectivity index (χ4v) is 6.76. The minimum atomic E-state index is -0.831. The Labute approximate surface area is 163 Å². The zero-order valence-electron chi connectivity index (χ0n) is 16.7. The van der Waals surface area contributed by atoms with Gasteiger partial charge >= 0.3 is 5.97 Å². The molecule has 0 aromatic rings. The monoisotopic (exact) mass is 377 g/mol. The summed E-state index contributed by atoms with van der Waals surface area (Å²) >= 11 is 0. The van der Waals surface area contributed by atoms with Crippen LogP contribution < -0.4 is 0 Å². The van der Waals surface area contributed by atoms with E-state index < -0.39 is 23.5 Å². The normalized spacial score (nSPS) is 36.7. The van der Waals surface area contributed by atoms with Gasteiger partial charge in [-0.2, -0.15) is 5.26 Å².